The Morgan fingerprint density at radius 1 is 1.28 bits per heavy atom. The van der Waals surface area contributed by atoms with Crippen LogP contribution in [0.5, 0.6) is 5.75 Å². The molecule has 0 amide bonds. The fraction of sp³-hybridized carbons (Fsp3) is 0.467. The van der Waals surface area contributed by atoms with Crippen molar-refractivity contribution in [2.45, 2.75) is 25.4 Å². The normalized spacial score (nSPS) is 14.5. The van der Waals surface area contributed by atoms with Gasteiger partial charge in [-0.3, -0.25) is 0 Å². The van der Waals surface area contributed by atoms with Crippen LogP contribution in [0.4, 0.5) is 0 Å². The number of hydrogen-bond donors (Lipinski definition) is 1. The zero-order chi connectivity index (χ0) is 12.6. The van der Waals surface area contributed by atoms with E-state index in [1.54, 1.807) is 0 Å². The third kappa shape index (κ3) is 4.06. The monoisotopic (exact) mass is 245 g/mol. The van der Waals surface area contributed by atoms with Crippen molar-refractivity contribution in [2.24, 2.45) is 5.73 Å². The molecule has 1 saturated carbocycles. The van der Waals surface area contributed by atoms with Gasteiger partial charge in [0, 0.05) is 5.56 Å². The maximum absolute atomic E-state index is 5.63. The lowest BCUT2D eigenvalue weighted by molar-refractivity contribution is -0.0103. The Labute approximate surface area is 108 Å². The van der Waals surface area contributed by atoms with E-state index in [-0.39, 0.29) is 0 Å². The Bertz CT molecular complexity index is 430. The summed E-state index contributed by atoms with van der Waals surface area (Å²) in [6.07, 6.45) is 4.16. The third-order valence-electron chi connectivity index (χ3n) is 2.93. The molecular formula is C15H19NO2. The van der Waals surface area contributed by atoms with Crippen LogP contribution in [-0.2, 0) is 4.74 Å². The molecule has 2 N–H and O–H groups in total. The van der Waals surface area contributed by atoms with E-state index >= 15 is 0 Å². The van der Waals surface area contributed by atoms with Crippen molar-refractivity contribution in [1.29, 1.82) is 0 Å². The van der Waals surface area contributed by atoms with Crippen LogP contribution in [0, 0.1) is 11.8 Å². The van der Waals surface area contributed by atoms with Gasteiger partial charge in [0.25, 0.3) is 0 Å². The highest BCUT2D eigenvalue weighted by Crippen LogP contribution is 2.21. The van der Waals surface area contributed by atoms with Crippen molar-refractivity contribution in [3.63, 3.8) is 0 Å². The fourth-order valence-electron chi connectivity index (χ4n) is 1.73. The van der Waals surface area contributed by atoms with Gasteiger partial charge < -0.3 is 15.2 Å². The Morgan fingerprint density at radius 3 is 2.89 bits per heavy atom. The molecule has 1 aromatic rings. The van der Waals surface area contributed by atoms with Crippen molar-refractivity contribution in [2.75, 3.05) is 19.8 Å². The molecule has 0 heterocycles. The van der Waals surface area contributed by atoms with Gasteiger partial charge in [-0.05, 0) is 37.5 Å². The van der Waals surface area contributed by atoms with Gasteiger partial charge in [-0.25, -0.2) is 0 Å². The van der Waals surface area contributed by atoms with Gasteiger partial charge >= 0.3 is 0 Å². The highest BCUT2D eigenvalue weighted by atomic mass is 16.5. The Hall–Kier alpha value is -1.50. The van der Waals surface area contributed by atoms with Gasteiger partial charge in [0.2, 0.25) is 0 Å². The average molecular weight is 245 g/mol. The van der Waals surface area contributed by atoms with Gasteiger partial charge in [-0.1, -0.05) is 17.9 Å². The van der Waals surface area contributed by atoms with Gasteiger partial charge in [0.1, 0.15) is 12.4 Å². The van der Waals surface area contributed by atoms with Crippen LogP contribution in [0.25, 0.3) is 0 Å². The Morgan fingerprint density at radius 2 is 2.17 bits per heavy atom. The van der Waals surface area contributed by atoms with Crippen molar-refractivity contribution in [3.8, 4) is 17.6 Å². The van der Waals surface area contributed by atoms with E-state index in [4.69, 9.17) is 15.2 Å². The average Bonchev–Trinajstić information content (AvgIpc) is 2.34. The number of ether oxygens (including phenoxy) is 2. The molecule has 0 spiro atoms. The van der Waals surface area contributed by atoms with Crippen LogP contribution in [0.2, 0.25) is 0 Å². The lowest BCUT2D eigenvalue weighted by atomic mass is 9.96. The van der Waals surface area contributed by atoms with E-state index in [1.807, 2.05) is 24.3 Å². The van der Waals surface area contributed by atoms with E-state index in [0.29, 0.717) is 25.9 Å². The first-order valence-corrected chi connectivity index (χ1v) is 6.42. The minimum atomic E-state index is 0.375. The molecule has 0 unspecified atom stereocenters. The summed E-state index contributed by atoms with van der Waals surface area (Å²) < 4.78 is 11.2. The smallest absolute Gasteiger partial charge is 0.120 e. The summed E-state index contributed by atoms with van der Waals surface area (Å²) in [4.78, 5) is 0. The number of hydrogen-bond acceptors (Lipinski definition) is 3. The van der Waals surface area contributed by atoms with E-state index in [2.05, 4.69) is 11.8 Å². The van der Waals surface area contributed by atoms with Crippen LogP contribution in [0.3, 0.4) is 0 Å². The maximum Gasteiger partial charge on any atom is 0.120 e. The Kier molecular flexibility index (Phi) is 5.07. The molecule has 2 rings (SSSR count). The molecule has 1 aliphatic rings. The van der Waals surface area contributed by atoms with Crippen LogP contribution >= 0.6 is 0 Å². The largest absolute Gasteiger partial charge is 0.491 e. The number of benzene rings is 1. The molecule has 18 heavy (non-hydrogen) atoms. The summed E-state index contributed by atoms with van der Waals surface area (Å²) in [7, 11) is 0. The first-order valence-electron chi connectivity index (χ1n) is 6.42. The van der Waals surface area contributed by atoms with Crippen LogP contribution in [-0.4, -0.2) is 25.9 Å². The zero-order valence-electron chi connectivity index (χ0n) is 10.5. The van der Waals surface area contributed by atoms with Crippen LogP contribution in [0.15, 0.2) is 24.3 Å². The molecule has 0 aliphatic heterocycles. The molecule has 96 valence electrons. The van der Waals surface area contributed by atoms with E-state index in [9.17, 15) is 0 Å². The number of rotatable bonds is 5. The molecule has 0 aromatic heterocycles. The molecule has 1 aromatic carbocycles. The van der Waals surface area contributed by atoms with Crippen molar-refractivity contribution in [1.82, 2.24) is 0 Å². The number of nitrogens with two attached hydrogens (primary N) is 1. The predicted octanol–water partition coefficient (Wildman–Crippen LogP) is 1.94. The summed E-state index contributed by atoms with van der Waals surface area (Å²) in [6.45, 7) is 1.62. The first-order chi connectivity index (χ1) is 8.88. The van der Waals surface area contributed by atoms with Crippen molar-refractivity contribution >= 4 is 0 Å². The zero-order valence-corrected chi connectivity index (χ0v) is 10.5. The van der Waals surface area contributed by atoms with Crippen molar-refractivity contribution < 1.29 is 9.47 Å². The molecule has 0 saturated heterocycles. The third-order valence-corrected chi connectivity index (χ3v) is 2.93. The second kappa shape index (κ2) is 7.05. The second-order valence-electron chi connectivity index (χ2n) is 4.31. The lowest BCUT2D eigenvalue weighted by Gasteiger charge is -2.25. The highest BCUT2D eigenvalue weighted by Gasteiger charge is 2.17. The van der Waals surface area contributed by atoms with E-state index < -0.39 is 0 Å². The molecule has 1 aliphatic carbocycles. The van der Waals surface area contributed by atoms with Crippen LogP contribution in [0.1, 0.15) is 24.8 Å². The molecule has 1 fully saturated rings. The minimum Gasteiger partial charge on any atom is -0.491 e. The quantitative estimate of drug-likeness (QED) is 0.637. The SMILES string of the molecule is NCC#Cc1cccc(OCCOC2CCC2)c1. The summed E-state index contributed by atoms with van der Waals surface area (Å²) >= 11 is 0. The maximum atomic E-state index is 5.63. The van der Waals surface area contributed by atoms with E-state index in [1.165, 1.54) is 19.3 Å². The molecule has 0 radical (unpaired) electrons. The topological polar surface area (TPSA) is 44.5 Å². The lowest BCUT2D eigenvalue weighted by Crippen LogP contribution is -2.23. The van der Waals surface area contributed by atoms with Gasteiger partial charge in [-0.2, -0.15) is 0 Å². The summed E-state index contributed by atoms with van der Waals surface area (Å²) in [6, 6.07) is 7.73. The van der Waals surface area contributed by atoms with E-state index in [0.717, 1.165) is 11.3 Å². The molecule has 3 nitrogen and oxygen atoms in total. The standard InChI is InChI=1S/C15H19NO2/c16-9-3-5-13-4-1-8-15(12-13)18-11-10-17-14-6-2-7-14/h1,4,8,12,14H,2,6-7,9-11,16H2. The molecule has 0 bridgehead atoms. The Balaban J connectivity index is 1.74. The fourth-order valence-corrected chi connectivity index (χ4v) is 1.73. The minimum absolute atomic E-state index is 0.375. The summed E-state index contributed by atoms with van der Waals surface area (Å²) in [5.74, 6) is 6.64. The first kappa shape index (κ1) is 12.9. The summed E-state index contributed by atoms with van der Waals surface area (Å²) in [5, 5.41) is 0. The molecular weight excluding hydrogens is 226 g/mol. The van der Waals surface area contributed by atoms with Gasteiger partial charge in [0.15, 0.2) is 0 Å². The molecule has 3 heteroatoms. The van der Waals surface area contributed by atoms with Crippen LogP contribution < -0.4 is 10.5 Å². The highest BCUT2D eigenvalue weighted by molar-refractivity contribution is 5.39. The molecule has 0 atom stereocenters. The predicted molar refractivity (Wildman–Crippen MR) is 71.5 cm³/mol. The van der Waals surface area contributed by atoms with Crippen molar-refractivity contribution in [3.05, 3.63) is 29.8 Å². The summed E-state index contributed by atoms with van der Waals surface area (Å²) in [5.41, 5.74) is 6.27. The van der Waals surface area contributed by atoms with Gasteiger partial charge in [-0.15, -0.1) is 0 Å². The second-order valence-corrected chi connectivity index (χ2v) is 4.31. The van der Waals surface area contributed by atoms with Gasteiger partial charge in [0.05, 0.1) is 19.3 Å².